The van der Waals surface area contributed by atoms with Gasteiger partial charge in [-0.05, 0) is 32.1 Å². The zero-order chi connectivity index (χ0) is 15.5. The number of rotatable bonds is 9. The monoisotopic (exact) mass is 334 g/mol. The molecular formula is C17H35ClN2O2. The van der Waals surface area contributed by atoms with Crippen molar-refractivity contribution in [3.05, 3.63) is 0 Å². The van der Waals surface area contributed by atoms with Crippen molar-refractivity contribution in [2.45, 2.75) is 77.9 Å². The van der Waals surface area contributed by atoms with Gasteiger partial charge in [-0.15, -0.1) is 12.4 Å². The number of hydrogen-bond donors (Lipinski definition) is 2. The molecule has 0 heterocycles. The lowest BCUT2D eigenvalue weighted by atomic mass is 10.1. The number of ether oxygens (including phenoxy) is 1. The van der Waals surface area contributed by atoms with Crippen molar-refractivity contribution in [2.75, 3.05) is 19.7 Å². The highest BCUT2D eigenvalue weighted by Crippen LogP contribution is 2.16. The van der Waals surface area contributed by atoms with Gasteiger partial charge in [0.15, 0.2) is 0 Å². The van der Waals surface area contributed by atoms with Crippen molar-refractivity contribution in [3.63, 3.8) is 0 Å². The summed E-state index contributed by atoms with van der Waals surface area (Å²) in [6.45, 7) is 8.35. The summed E-state index contributed by atoms with van der Waals surface area (Å²) in [6.07, 6.45) is 8.64. The van der Waals surface area contributed by atoms with E-state index in [1.54, 1.807) is 0 Å². The van der Waals surface area contributed by atoms with E-state index in [0.717, 1.165) is 13.0 Å². The van der Waals surface area contributed by atoms with Gasteiger partial charge in [-0.3, -0.25) is 4.79 Å². The Morgan fingerprint density at radius 1 is 1.09 bits per heavy atom. The Hall–Kier alpha value is -0.320. The van der Waals surface area contributed by atoms with Crippen LogP contribution in [0.1, 0.15) is 65.7 Å². The van der Waals surface area contributed by atoms with Crippen molar-refractivity contribution in [1.29, 1.82) is 0 Å². The van der Waals surface area contributed by atoms with Crippen LogP contribution in [0.15, 0.2) is 0 Å². The minimum atomic E-state index is -0.346. The molecule has 2 N–H and O–H groups in total. The molecule has 0 aromatic heterocycles. The van der Waals surface area contributed by atoms with Crippen LogP contribution in [0, 0.1) is 5.92 Å². The van der Waals surface area contributed by atoms with Gasteiger partial charge in [0.25, 0.3) is 0 Å². The van der Waals surface area contributed by atoms with Gasteiger partial charge in [-0.2, -0.15) is 0 Å². The van der Waals surface area contributed by atoms with Crippen molar-refractivity contribution in [3.8, 4) is 0 Å². The predicted octanol–water partition coefficient (Wildman–Crippen LogP) is 3.29. The molecule has 0 spiro atoms. The van der Waals surface area contributed by atoms with Crippen molar-refractivity contribution in [1.82, 2.24) is 10.6 Å². The molecule has 0 radical (unpaired) electrons. The molecule has 1 aliphatic carbocycles. The third kappa shape index (κ3) is 10.4. The van der Waals surface area contributed by atoms with Crippen LogP contribution >= 0.6 is 12.4 Å². The second kappa shape index (κ2) is 13.1. The first kappa shape index (κ1) is 21.7. The highest BCUT2D eigenvalue weighted by molar-refractivity contribution is 5.85. The van der Waals surface area contributed by atoms with E-state index in [-0.39, 0.29) is 24.4 Å². The Morgan fingerprint density at radius 2 is 1.73 bits per heavy atom. The maximum atomic E-state index is 11.9. The van der Waals surface area contributed by atoms with Gasteiger partial charge in [0, 0.05) is 25.7 Å². The first-order valence-corrected chi connectivity index (χ1v) is 8.72. The van der Waals surface area contributed by atoms with E-state index in [1.165, 1.54) is 38.5 Å². The molecule has 1 unspecified atom stereocenters. The van der Waals surface area contributed by atoms with Crippen LogP contribution in [0.25, 0.3) is 0 Å². The normalized spacial score (nSPS) is 17.6. The van der Waals surface area contributed by atoms with Crippen LogP contribution in [0.4, 0.5) is 0 Å². The van der Waals surface area contributed by atoms with Gasteiger partial charge in [0.2, 0.25) is 5.91 Å². The fourth-order valence-corrected chi connectivity index (χ4v) is 2.65. The third-order valence-corrected chi connectivity index (χ3v) is 4.14. The quantitative estimate of drug-likeness (QED) is 0.502. The SMILES string of the molecule is CC(C)CCOC(C)C(=O)NCCNC1CCCCCC1.Cl. The van der Waals surface area contributed by atoms with Crippen molar-refractivity contribution < 1.29 is 9.53 Å². The van der Waals surface area contributed by atoms with Gasteiger partial charge in [0.05, 0.1) is 0 Å². The molecule has 4 nitrogen and oxygen atoms in total. The first-order chi connectivity index (χ1) is 10.1. The highest BCUT2D eigenvalue weighted by atomic mass is 35.5. The Balaban J connectivity index is 0.00000441. The topological polar surface area (TPSA) is 50.4 Å². The summed E-state index contributed by atoms with van der Waals surface area (Å²) in [4.78, 5) is 11.9. The number of carbonyl (C=O) groups excluding carboxylic acids is 1. The molecule has 1 atom stereocenters. The minimum Gasteiger partial charge on any atom is -0.369 e. The summed E-state index contributed by atoms with van der Waals surface area (Å²) >= 11 is 0. The molecule has 1 fully saturated rings. The molecule has 0 aromatic rings. The van der Waals surface area contributed by atoms with Gasteiger partial charge in [-0.1, -0.05) is 39.5 Å². The highest BCUT2D eigenvalue weighted by Gasteiger charge is 2.14. The van der Waals surface area contributed by atoms with Crippen LogP contribution in [-0.2, 0) is 9.53 Å². The number of halogens is 1. The molecule has 1 saturated carbocycles. The van der Waals surface area contributed by atoms with Gasteiger partial charge in [0.1, 0.15) is 6.10 Å². The lowest BCUT2D eigenvalue weighted by Crippen LogP contribution is -2.40. The number of amides is 1. The summed E-state index contributed by atoms with van der Waals surface area (Å²) < 4.78 is 5.55. The molecule has 1 amide bonds. The van der Waals surface area contributed by atoms with E-state index in [9.17, 15) is 4.79 Å². The fraction of sp³-hybridized carbons (Fsp3) is 0.941. The molecule has 1 rings (SSSR count). The molecule has 1 aliphatic rings. The maximum Gasteiger partial charge on any atom is 0.248 e. The van der Waals surface area contributed by atoms with Crippen LogP contribution in [-0.4, -0.2) is 37.7 Å². The summed E-state index contributed by atoms with van der Waals surface area (Å²) in [5, 5.41) is 6.51. The fourth-order valence-electron chi connectivity index (χ4n) is 2.65. The lowest BCUT2D eigenvalue weighted by Gasteiger charge is -2.17. The van der Waals surface area contributed by atoms with E-state index in [4.69, 9.17) is 4.74 Å². The first-order valence-electron chi connectivity index (χ1n) is 8.72. The van der Waals surface area contributed by atoms with Crippen LogP contribution in [0.3, 0.4) is 0 Å². The zero-order valence-corrected chi connectivity index (χ0v) is 15.3. The predicted molar refractivity (Wildman–Crippen MR) is 94.6 cm³/mol. The molecule has 0 saturated heterocycles. The van der Waals surface area contributed by atoms with Crippen LogP contribution in [0.5, 0.6) is 0 Å². The second-order valence-corrected chi connectivity index (χ2v) is 6.63. The van der Waals surface area contributed by atoms with Gasteiger partial charge < -0.3 is 15.4 Å². The van der Waals surface area contributed by atoms with Crippen LogP contribution in [0.2, 0.25) is 0 Å². The molecule has 132 valence electrons. The molecular weight excluding hydrogens is 300 g/mol. The van der Waals surface area contributed by atoms with E-state index in [2.05, 4.69) is 24.5 Å². The van der Waals surface area contributed by atoms with E-state index in [1.807, 2.05) is 6.92 Å². The van der Waals surface area contributed by atoms with E-state index >= 15 is 0 Å². The number of carbonyl (C=O) groups is 1. The Bertz CT molecular complexity index is 280. The summed E-state index contributed by atoms with van der Waals surface area (Å²) in [6, 6.07) is 0.643. The number of nitrogens with one attached hydrogen (secondary N) is 2. The number of hydrogen-bond acceptors (Lipinski definition) is 3. The smallest absolute Gasteiger partial charge is 0.248 e. The molecule has 0 bridgehead atoms. The van der Waals surface area contributed by atoms with Crippen LogP contribution < -0.4 is 10.6 Å². The largest absolute Gasteiger partial charge is 0.369 e. The van der Waals surface area contributed by atoms with Crippen molar-refractivity contribution in [2.24, 2.45) is 5.92 Å². The van der Waals surface area contributed by atoms with Crippen molar-refractivity contribution >= 4 is 18.3 Å². The van der Waals surface area contributed by atoms with Gasteiger partial charge in [-0.25, -0.2) is 0 Å². The Morgan fingerprint density at radius 3 is 2.32 bits per heavy atom. The summed E-state index contributed by atoms with van der Waals surface area (Å²) in [5.41, 5.74) is 0. The maximum absolute atomic E-state index is 11.9. The molecule has 5 heteroatoms. The third-order valence-electron chi connectivity index (χ3n) is 4.14. The summed E-state index contributed by atoms with van der Waals surface area (Å²) in [5.74, 6) is 0.616. The van der Waals surface area contributed by atoms with E-state index in [0.29, 0.717) is 25.1 Å². The molecule has 0 aromatic carbocycles. The molecule has 0 aliphatic heterocycles. The summed E-state index contributed by atoms with van der Waals surface area (Å²) in [7, 11) is 0. The minimum absolute atomic E-state index is 0. The standard InChI is InChI=1S/C17H34N2O2.ClH/c1-14(2)10-13-21-15(3)17(20)19-12-11-18-16-8-6-4-5-7-9-16;/h14-16,18H,4-13H2,1-3H3,(H,19,20);1H. The average Bonchev–Trinajstić information content (AvgIpc) is 2.71. The Labute approximate surface area is 142 Å². The molecule has 22 heavy (non-hydrogen) atoms. The lowest BCUT2D eigenvalue weighted by molar-refractivity contribution is -0.131. The van der Waals surface area contributed by atoms with Gasteiger partial charge >= 0.3 is 0 Å². The zero-order valence-electron chi connectivity index (χ0n) is 14.5. The average molecular weight is 335 g/mol. The second-order valence-electron chi connectivity index (χ2n) is 6.63. The van der Waals surface area contributed by atoms with E-state index < -0.39 is 0 Å². The Kier molecular flexibility index (Phi) is 13.0.